The molecule has 0 fully saturated rings. The smallest absolute Gasteiger partial charge is 0.249 e. The highest BCUT2D eigenvalue weighted by atomic mass is 16.5. The number of nitrogens with two attached hydrogens (primary N) is 1. The summed E-state index contributed by atoms with van der Waals surface area (Å²) in [7, 11) is 1.74. The van der Waals surface area contributed by atoms with E-state index < -0.39 is 0 Å². The van der Waals surface area contributed by atoms with E-state index in [4.69, 9.17) is 10.5 Å². The van der Waals surface area contributed by atoms with Gasteiger partial charge in [0.25, 0.3) is 0 Å². The van der Waals surface area contributed by atoms with E-state index in [2.05, 4.69) is 20.3 Å². The minimum atomic E-state index is 0.140. The summed E-state index contributed by atoms with van der Waals surface area (Å²) in [6.45, 7) is 0.392. The second-order valence-electron chi connectivity index (χ2n) is 4.05. The summed E-state index contributed by atoms with van der Waals surface area (Å²) in [5.41, 5.74) is 7.75. The fourth-order valence-corrected chi connectivity index (χ4v) is 1.73. The second-order valence-corrected chi connectivity index (χ2v) is 4.05. The minimum absolute atomic E-state index is 0.140. The first-order chi connectivity index (χ1) is 9.24. The number of benzene rings is 1. The van der Waals surface area contributed by atoms with Crippen LogP contribution in [0.5, 0.6) is 5.88 Å². The van der Waals surface area contributed by atoms with E-state index in [-0.39, 0.29) is 5.95 Å². The quantitative estimate of drug-likeness (QED) is 0.749. The van der Waals surface area contributed by atoms with Crippen LogP contribution in [0.2, 0.25) is 0 Å². The molecule has 7 nitrogen and oxygen atoms in total. The average molecular weight is 256 g/mol. The molecule has 3 rings (SSSR count). The molecule has 2 N–H and O–H groups in total. The molecule has 2 heterocycles. The zero-order valence-corrected chi connectivity index (χ0v) is 10.3. The second kappa shape index (κ2) is 4.52. The van der Waals surface area contributed by atoms with Gasteiger partial charge in [0, 0.05) is 7.05 Å². The van der Waals surface area contributed by atoms with Crippen LogP contribution in [0.3, 0.4) is 0 Å². The van der Waals surface area contributed by atoms with Crippen molar-refractivity contribution in [2.45, 2.75) is 6.61 Å². The predicted octanol–water partition coefficient (Wildman–Crippen LogP) is 0.919. The Morgan fingerprint density at radius 1 is 1.21 bits per heavy atom. The highest BCUT2D eigenvalue weighted by Gasteiger charge is 2.13. The number of aryl methyl sites for hydroxylation is 1. The number of nitrogens with zero attached hydrogens (tertiary/aromatic N) is 5. The SMILES string of the molecule is Cn1nnc2c(OCc3ccccc3)nc(N)nc21. The summed E-state index contributed by atoms with van der Waals surface area (Å²) in [5.74, 6) is 0.486. The Bertz CT molecular complexity index is 709. The lowest BCUT2D eigenvalue weighted by molar-refractivity contribution is 0.297. The summed E-state index contributed by atoms with van der Waals surface area (Å²) in [6.07, 6.45) is 0. The fraction of sp³-hybridized carbons (Fsp3) is 0.167. The molecule has 0 aliphatic rings. The van der Waals surface area contributed by atoms with Gasteiger partial charge in [-0.05, 0) is 5.56 Å². The largest absolute Gasteiger partial charge is 0.471 e. The molecule has 0 amide bonds. The lowest BCUT2D eigenvalue weighted by Gasteiger charge is -2.06. The van der Waals surface area contributed by atoms with Crippen molar-refractivity contribution in [3.05, 3.63) is 35.9 Å². The molecule has 96 valence electrons. The summed E-state index contributed by atoms with van der Waals surface area (Å²) in [4.78, 5) is 8.13. The van der Waals surface area contributed by atoms with Gasteiger partial charge in [0.2, 0.25) is 11.8 Å². The van der Waals surface area contributed by atoms with Gasteiger partial charge in [-0.15, -0.1) is 5.10 Å². The van der Waals surface area contributed by atoms with Crippen molar-refractivity contribution < 1.29 is 4.74 Å². The summed E-state index contributed by atoms with van der Waals surface area (Å²) in [6, 6.07) is 9.79. The zero-order chi connectivity index (χ0) is 13.2. The van der Waals surface area contributed by atoms with Crippen LogP contribution in [-0.2, 0) is 13.7 Å². The van der Waals surface area contributed by atoms with Crippen LogP contribution in [0.15, 0.2) is 30.3 Å². The molecular weight excluding hydrogens is 244 g/mol. The average Bonchev–Trinajstić information content (AvgIpc) is 2.79. The third kappa shape index (κ3) is 2.17. The van der Waals surface area contributed by atoms with E-state index >= 15 is 0 Å². The van der Waals surface area contributed by atoms with Crippen LogP contribution in [0.1, 0.15) is 5.56 Å². The summed E-state index contributed by atoms with van der Waals surface area (Å²) in [5, 5.41) is 7.86. The Balaban J connectivity index is 1.92. The minimum Gasteiger partial charge on any atom is -0.471 e. The molecule has 19 heavy (non-hydrogen) atoms. The van der Waals surface area contributed by atoms with Gasteiger partial charge >= 0.3 is 0 Å². The van der Waals surface area contributed by atoms with E-state index in [1.165, 1.54) is 4.68 Å². The highest BCUT2D eigenvalue weighted by molar-refractivity contribution is 5.76. The van der Waals surface area contributed by atoms with Crippen LogP contribution in [-0.4, -0.2) is 25.0 Å². The summed E-state index contributed by atoms with van der Waals surface area (Å²) >= 11 is 0. The zero-order valence-electron chi connectivity index (χ0n) is 10.3. The molecule has 0 saturated heterocycles. The third-order valence-corrected chi connectivity index (χ3v) is 2.65. The third-order valence-electron chi connectivity index (χ3n) is 2.65. The topological polar surface area (TPSA) is 91.7 Å². The number of ether oxygens (including phenoxy) is 1. The van der Waals surface area contributed by atoms with E-state index in [0.29, 0.717) is 23.7 Å². The fourth-order valence-electron chi connectivity index (χ4n) is 1.73. The van der Waals surface area contributed by atoms with Gasteiger partial charge in [-0.1, -0.05) is 35.5 Å². The van der Waals surface area contributed by atoms with Crippen molar-refractivity contribution in [1.29, 1.82) is 0 Å². The molecule has 0 aliphatic carbocycles. The van der Waals surface area contributed by atoms with E-state index in [9.17, 15) is 0 Å². The lowest BCUT2D eigenvalue weighted by Crippen LogP contribution is -2.03. The normalized spacial score (nSPS) is 10.8. The Morgan fingerprint density at radius 2 is 2.00 bits per heavy atom. The number of fused-ring (bicyclic) bond motifs is 1. The maximum absolute atomic E-state index is 5.65. The number of nitrogen functional groups attached to an aromatic ring is 1. The van der Waals surface area contributed by atoms with Gasteiger partial charge in [0.1, 0.15) is 6.61 Å². The molecule has 0 bridgehead atoms. The molecule has 0 atom stereocenters. The Morgan fingerprint density at radius 3 is 2.79 bits per heavy atom. The molecule has 0 radical (unpaired) electrons. The van der Waals surface area contributed by atoms with Gasteiger partial charge in [-0.25, -0.2) is 4.68 Å². The van der Waals surface area contributed by atoms with Crippen LogP contribution in [0.25, 0.3) is 11.2 Å². The number of hydrogen-bond donors (Lipinski definition) is 1. The van der Waals surface area contributed by atoms with Crippen LogP contribution in [0, 0.1) is 0 Å². The van der Waals surface area contributed by atoms with Crippen molar-refractivity contribution >= 4 is 17.1 Å². The molecule has 1 aromatic carbocycles. The number of rotatable bonds is 3. The van der Waals surface area contributed by atoms with Crippen LogP contribution < -0.4 is 10.5 Å². The first-order valence-electron chi connectivity index (χ1n) is 5.73. The standard InChI is InChI=1S/C12H12N6O/c1-18-10-9(16-17-18)11(15-12(13)14-10)19-7-8-5-3-2-4-6-8/h2-6H,7H2,1H3,(H2,13,14,15). The van der Waals surface area contributed by atoms with Crippen molar-refractivity contribution in [1.82, 2.24) is 25.0 Å². The maximum Gasteiger partial charge on any atom is 0.249 e. The van der Waals surface area contributed by atoms with E-state index in [1.807, 2.05) is 30.3 Å². The first-order valence-corrected chi connectivity index (χ1v) is 5.73. The molecule has 2 aromatic heterocycles. The van der Waals surface area contributed by atoms with E-state index in [0.717, 1.165) is 5.56 Å². The predicted molar refractivity (Wildman–Crippen MR) is 69.3 cm³/mol. The Labute approximate surface area is 109 Å². The number of aromatic nitrogens is 5. The van der Waals surface area contributed by atoms with Gasteiger partial charge in [0.15, 0.2) is 11.2 Å². The van der Waals surface area contributed by atoms with Crippen LogP contribution in [0.4, 0.5) is 5.95 Å². The molecule has 0 saturated carbocycles. The maximum atomic E-state index is 5.65. The van der Waals surface area contributed by atoms with Crippen molar-refractivity contribution in [2.75, 3.05) is 5.73 Å². The first kappa shape index (κ1) is 11.4. The molecule has 3 aromatic rings. The Kier molecular flexibility index (Phi) is 2.71. The Hall–Kier alpha value is -2.70. The number of hydrogen-bond acceptors (Lipinski definition) is 6. The molecule has 0 spiro atoms. The highest BCUT2D eigenvalue weighted by Crippen LogP contribution is 2.21. The van der Waals surface area contributed by atoms with Gasteiger partial charge in [-0.3, -0.25) is 0 Å². The van der Waals surface area contributed by atoms with E-state index in [1.54, 1.807) is 7.05 Å². The van der Waals surface area contributed by atoms with Gasteiger partial charge < -0.3 is 10.5 Å². The molecule has 7 heteroatoms. The van der Waals surface area contributed by atoms with Crippen molar-refractivity contribution in [2.24, 2.45) is 7.05 Å². The molecule has 0 unspecified atom stereocenters. The van der Waals surface area contributed by atoms with Gasteiger partial charge in [-0.2, -0.15) is 9.97 Å². The number of anilines is 1. The monoisotopic (exact) mass is 256 g/mol. The summed E-state index contributed by atoms with van der Waals surface area (Å²) < 4.78 is 7.18. The van der Waals surface area contributed by atoms with Crippen molar-refractivity contribution in [3.8, 4) is 5.88 Å². The van der Waals surface area contributed by atoms with Crippen molar-refractivity contribution in [3.63, 3.8) is 0 Å². The lowest BCUT2D eigenvalue weighted by atomic mass is 10.2. The molecular formula is C12H12N6O. The van der Waals surface area contributed by atoms with Crippen LogP contribution >= 0.6 is 0 Å². The molecule has 0 aliphatic heterocycles. The van der Waals surface area contributed by atoms with Gasteiger partial charge in [0.05, 0.1) is 0 Å².